The smallest absolute Gasteiger partial charge is 0.0921 e. The Morgan fingerprint density at radius 2 is 2.00 bits per heavy atom. The summed E-state index contributed by atoms with van der Waals surface area (Å²) in [5, 5.41) is 12.7. The van der Waals surface area contributed by atoms with Crippen LogP contribution in [0, 0.1) is 0 Å². The minimum atomic E-state index is -0.708. The van der Waals surface area contributed by atoms with Crippen molar-refractivity contribution in [3.63, 3.8) is 0 Å². The number of hydrogen-bond acceptors (Lipinski definition) is 2. The molecule has 0 radical (unpaired) electrons. The van der Waals surface area contributed by atoms with Crippen LogP contribution in [0.1, 0.15) is 19.3 Å². The van der Waals surface area contributed by atoms with Gasteiger partial charge in [-0.25, -0.2) is 0 Å². The van der Waals surface area contributed by atoms with Gasteiger partial charge in [0.25, 0.3) is 0 Å². The number of aliphatic hydroxyl groups is 1. The molecule has 1 saturated heterocycles. The van der Waals surface area contributed by atoms with Gasteiger partial charge in [-0.15, -0.1) is 0 Å². The molecule has 0 unspecified atom stereocenters. The number of halogens is 1. The van der Waals surface area contributed by atoms with Crippen LogP contribution < -0.4 is 5.32 Å². The first-order valence-corrected chi connectivity index (χ1v) is 3.76. The van der Waals surface area contributed by atoms with Crippen LogP contribution in [0.2, 0.25) is 0 Å². The quantitative estimate of drug-likeness (QED) is 0.594. The Labute approximate surface area is 60.4 Å². The predicted octanol–water partition coefficient (Wildman–Crippen LogP) is 0.461. The highest BCUT2D eigenvalue weighted by Gasteiger charge is 2.28. The van der Waals surface area contributed by atoms with Crippen LogP contribution in [0.3, 0.4) is 0 Å². The molecule has 1 fully saturated rings. The average molecular weight is 147 g/mol. The first-order valence-electron chi connectivity index (χ1n) is 3.76. The van der Waals surface area contributed by atoms with Gasteiger partial charge < -0.3 is 10.4 Å². The summed E-state index contributed by atoms with van der Waals surface area (Å²) < 4.78 is 11.8. The monoisotopic (exact) mass is 147 g/mol. The molecule has 0 bridgehead atoms. The fraction of sp³-hybridized carbons (Fsp3) is 1.00. The molecule has 60 valence electrons. The third-order valence-corrected chi connectivity index (χ3v) is 2.09. The van der Waals surface area contributed by atoms with Crippen molar-refractivity contribution in [2.45, 2.75) is 24.9 Å². The van der Waals surface area contributed by atoms with E-state index in [-0.39, 0.29) is 0 Å². The molecule has 0 saturated carbocycles. The van der Waals surface area contributed by atoms with Crippen LogP contribution >= 0.6 is 0 Å². The van der Waals surface area contributed by atoms with Crippen LogP contribution in [-0.4, -0.2) is 30.5 Å². The molecular weight excluding hydrogens is 133 g/mol. The van der Waals surface area contributed by atoms with Crippen LogP contribution in [-0.2, 0) is 0 Å². The number of piperidine rings is 1. The number of nitrogens with one attached hydrogen (secondary N) is 1. The summed E-state index contributed by atoms with van der Waals surface area (Å²) in [7, 11) is 0. The summed E-state index contributed by atoms with van der Waals surface area (Å²) in [6.07, 6.45) is 1.68. The molecule has 1 aliphatic rings. The van der Waals surface area contributed by atoms with Gasteiger partial charge in [-0.1, -0.05) is 0 Å². The van der Waals surface area contributed by atoms with E-state index in [2.05, 4.69) is 5.32 Å². The van der Waals surface area contributed by atoms with E-state index >= 15 is 0 Å². The Balaban J connectivity index is 2.32. The van der Waals surface area contributed by atoms with Crippen molar-refractivity contribution < 1.29 is 9.50 Å². The van der Waals surface area contributed by atoms with Gasteiger partial charge in [0.1, 0.15) is 0 Å². The zero-order valence-corrected chi connectivity index (χ0v) is 6.07. The molecule has 2 nitrogen and oxygen atoms in total. The topological polar surface area (TPSA) is 32.3 Å². The first-order chi connectivity index (χ1) is 4.77. The third-order valence-electron chi connectivity index (χ3n) is 2.09. The van der Waals surface area contributed by atoms with Crippen LogP contribution in [0.5, 0.6) is 0 Å². The van der Waals surface area contributed by atoms with Crippen molar-refractivity contribution in [1.29, 1.82) is 0 Å². The van der Waals surface area contributed by atoms with Gasteiger partial charge >= 0.3 is 0 Å². The molecule has 3 heteroatoms. The second-order valence-corrected chi connectivity index (χ2v) is 2.91. The maximum Gasteiger partial charge on any atom is 0.0921 e. The fourth-order valence-electron chi connectivity index (χ4n) is 1.32. The second-order valence-electron chi connectivity index (χ2n) is 2.91. The van der Waals surface area contributed by atoms with Gasteiger partial charge in [0, 0.05) is 6.42 Å². The minimum absolute atomic E-state index is 0.300. The fourth-order valence-corrected chi connectivity index (χ4v) is 1.32. The normalized spacial score (nSPS) is 24.6. The lowest BCUT2D eigenvalue weighted by Crippen LogP contribution is -2.42. The van der Waals surface area contributed by atoms with Crippen LogP contribution in [0.4, 0.5) is 4.39 Å². The maximum atomic E-state index is 11.8. The molecule has 0 spiro atoms. The molecule has 0 aliphatic carbocycles. The van der Waals surface area contributed by atoms with E-state index < -0.39 is 12.3 Å². The molecular formula is C7H14FNO. The zero-order chi connectivity index (χ0) is 7.45. The Kier molecular flexibility index (Phi) is 2.63. The highest BCUT2D eigenvalue weighted by atomic mass is 19.1. The van der Waals surface area contributed by atoms with E-state index in [4.69, 9.17) is 0 Å². The van der Waals surface area contributed by atoms with Crippen molar-refractivity contribution in [2.75, 3.05) is 19.8 Å². The van der Waals surface area contributed by atoms with Gasteiger partial charge in [0.2, 0.25) is 0 Å². The molecule has 1 aliphatic heterocycles. The van der Waals surface area contributed by atoms with Gasteiger partial charge in [0.15, 0.2) is 0 Å². The Morgan fingerprint density at radius 3 is 2.50 bits per heavy atom. The number of hydrogen-bond donors (Lipinski definition) is 2. The molecule has 10 heavy (non-hydrogen) atoms. The lowest BCUT2D eigenvalue weighted by Gasteiger charge is -2.31. The SMILES string of the molecule is OC1(CCF)CCNCC1. The van der Waals surface area contributed by atoms with Gasteiger partial charge in [-0.2, -0.15) is 0 Å². The van der Waals surface area contributed by atoms with Crippen molar-refractivity contribution >= 4 is 0 Å². The molecule has 1 rings (SSSR count). The molecule has 0 aromatic heterocycles. The summed E-state index contributed by atoms with van der Waals surface area (Å²) in [4.78, 5) is 0. The first kappa shape index (κ1) is 7.95. The third kappa shape index (κ3) is 1.92. The van der Waals surface area contributed by atoms with E-state index in [1.165, 1.54) is 0 Å². The van der Waals surface area contributed by atoms with E-state index in [0.717, 1.165) is 13.1 Å². The number of rotatable bonds is 2. The van der Waals surface area contributed by atoms with Crippen molar-refractivity contribution in [2.24, 2.45) is 0 Å². The minimum Gasteiger partial charge on any atom is -0.390 e. The average Bonchev–Trinajstić information content (AvgIpc) is 1.89. The molecule has 2 N–H and O–H groups in total. The van der Waals surface area contributed by atoms with E-state index in [1.807, 2.05) is 0 Å². The molecule has 0 atom stereocenters. The van der Waals surface area contributed by atoms with E-state index in [9.17, 15) is 9.50 Å². The molecule has 1 heterocycles. The summed E-state index contributed by atoms with van der Waals surface area (Å²) >= 11 is 0. The van der Waals surface area contributed by atoms with Gasteiger partial charge in [-0.3, -0.25) is 4.39 Å². The molecule has 0 aromatic carbocycles. The largest absolute Gasteiger partial charge is 0.390 e. The van der Waals surface area contributed by atoms with Crippen molar-refractivity contribution in [3.8, 4) is 0 Å². The van der Waals surface area contributed by atoms with Gasteiger partial charge in [0.05, 0.1) is 12.3 Å². The molecule has 0 aromatic rings. The Morgan fingerprint density at radius 1 is 1.40 bits per heavy atom. The predicted molar refractivity (Wildman–Crippen MR) is 37.6 cm³/mol. The zero-order valence-electron chi connectivity index (χ0n) is 6.07. The number of alkyl halides is 1. The summed E-state index contributed by atoms with van der Waals surface area (Å²) in [6, 6.07) is 0. The van der Waals surface area contributed by atoms with Crippen LogP contribution in [0.25, 0.3) is 0 Å². The van der Waals surface area contributed by atoms with E-state index in [1.54, 1.807) is 0 Å². The molecule has 0 amide bonds. The highest BCUT2D eigenvalue weighted by Crippen LogP contribution is 2.21. The Bertz CT molecular complexity index is 96.3. The highest BCUT2D eigenvalue weighted by molar-refractivity contribution is 4.83. The lowest BCUT2D eigenvalue weighted by molar-refractivity contribution is -0.00252. The maximum absolute atomic E-state index is 11.8. The summed E-state index contributed by atoms with van der Waals surface area (Å²) in [5.41, 5.74) is -0.708. The second kappa shape index (κ2) is 3.30. The van der Waals surface area contributed by atoms with Gasteiger partial charge in [-0.05, 0) is 25.9 Å². The van der Waals surface area contributed by atoms with Crippen LogP contribution in [0.15, 0.2) is 0 Å². The standard InChI is InChI=1S/C7H14FNO/c8-4-1-7(10)2-5-9-6-3-7/h9-10H,1-6H2. The lowest BCUT2D eigenvalue weighted by atomic mass is 9.90. The van der Waals surface area contributed by atoms with Crippen molar-refractivity contribution in [3.05, 3.63) is 0 Å². The van der Waals surface area contributed by atoms with E-state index in [0.29, 0.717) is 19.3 Å². The Hall–Kier alpha value is -0.150. The van der Waals surface area contributed by atoms with Crippen molar-refractivity contribution in [1.82, 2.24) is 5.32 Å². The summed E-state index contributed by atoms with van der Waals surface area (Å²) in [5.74, 6) is 0. The summed E-state index contributed by atoms with van der Waals surface area (Å²) in [6.45, 7) is 1.23.